The highest BCUT2D eigenvalue weighted by Gasteiger charge is 2.32. The van der Waals surface area contributed by atoms with Crippen molar-refractivity contribution in [1.29, 1.82) is 0 Å². The standard InChI is InChI=1S/C42H22Cl4F6N6O4/c43-27-11-9-21(41(47,48)49)15-33(27)55-57-35-23-7-3-1-5-19(23)13-25(37(35)59)39(61)53-31-17-30(46)32(18-29(31)45)54-40(62)26-14-20-6-2-4-8-24(20)36(38(26)60)58-56-34-16-22(42(50,51)52)10-12-28(34)44/h1-18,59-60H,(H,53,61)(H,54,62)/b57-55+,58-56+. The number of benzene rings is 7. The van der Waals surface area contributed by atoms with Crippen LogP contribution in [0, 0.1) is 0 Å². The van der Waals surface area contributed by atoms with E-state index in [0.29, 0.717) is 33.7 Å². The van der Waals surface area contributed by atoms with E-state index < -0.39 is 46.8 Å². The first-order chi connectivity index (χ1) is 29.3. The summed E-state index contributed by atoms with van der Waals surface area (Å²) in [6, 6.07) is 22.7. The second kappa shape index (κ2) is 17.1. The van der Waals surface area contributed by atoms with Crippen LogP contribution in [0.15, 0.2) is 130 Å². The number of anilines is 2. The Labute approximate surface area is 365 Å². The summed E-state index contributed by atoms with van der Waals surface area (Å²) in [5.74, 6) is -3.23. The Balaban J connectivity index is 1.16. The van der Waals surface area contributed by atoms with Gasteiger partial charge in [-0.3, -0.25) is 9.59 Å². The number of hydrogen-bond donors (Lipinski definition) is 4. The van der Waals surface area contributed by atoms with Crippen LogP contribution in [-0.2, 0) is 12.4 Å². The van der Waals surface area contributed by atoms with E-state index in [1.54, 1.807) is 48.5 Å². The molecule has 7 aromatic rings. The molecule has 0 spiro atoms. The Morgan fingerprint density at radius 2 is 0.855 bits per heavy atom. The van der Waals surface area contributed by atoms with Crippen LogP contribution in [0.2, 0.25) is 20.1 Å². The van der Waals surface area contributed by atoms with Gasteiger partial charge in [-0.15, -0.1) is 20.5 Å². The molecule has 4 N–H and O–H groups in total. The van der Waals surface area contributed by atoms with Crippen molar-refractivity contribution < 1.29 is 46.1 Å². The Morgan fingerprint density at radius 1 is 0.484 bits per heavy atom. The Morgan fingerprint density at radius 3 is 1.23 bits per heavy atom. The predicted molar refractivity (Wildman–Crippen MR) is 225 cm³/mol. The van der Waals surface area contributed by atoms with Gasteiger partial charge in [0.25, 0.3) is 11.8 Å². The zero-order chi connectivity index (χ0) is 44.7. The number of fused-ring (bicyclic) bond motifs is 2. The molecule has 2 amide bonds. The van der Waals surface area contributed by atoms with E-state index in [2.05, 4.69) is 31.1 Å². The molecule has 0 saturated heterocycles. The van der Waals surface area contributed by atoms with Gasteiger partial charge in [0.15, 0.2) is 11.5 Å². The van der Waals surface area contributed by atoms with Crippen molar-refractivity contribution in [2.45, 2.75) is 12.4 Å². The van der Waals surface area contributed by atoms with Crippen LogP contribution < -0.4 is 10.6 Å². The highest BCUT2D eigenvalue weighted by molar-refractivity contribution is 6.38. The van der Waals surface area contributed by atoms with Gasteiger partial charge in [0.2, 0.25) is 0 Å². The maximum absolute atomic E-state index is 13.7. The fraction of sp³-hybridized carbons (Fsp3) is 0.0476. The molecule has 0 aromatic heterocycles. The quantitative estimate of drug-likeness (QED) is 0.0887. The largest absolute Gasteiger partial charge is 0.505 e. The molecule has 20 heteroatoms. The molecule has 0 heterocycles. The number of nitrogens with zero attached hydrogens (tertiary/aromatic N) is 4. The number of hydrogen-bond acceptors (Lipinski definition) is 8. The number of carbonyl (C=O) groups is 2. The first kappa shape index (κ1) is 43.6. The minimum absolute atomic E-state index is 0.0874. The molecule has 314 valence electrons. The number of phenols is 2. The molecule has 0 aliphatic rings. The van der Waals surface area contributed by atoms with Crippen LogP contribution in [-0.4, -0.2) is 22.0 Å². The van der Waals surface area contributed by atoms with Crippen LogP contribution in [0.4, 0.5) is 60.5 Å². The average molecular weight is 930 g/mol. The zero-order valence-corrected chi connectivity index (χ0v) is 33.7. The monoisotopic (exact) mass is 928 g/mol. The van der Waals surface area contributed by atoms with Crippen molar-refractivity contribution in [3.8, 4) is 11.5 Å². The number of aromatic hydroxyl groups is 2. The lowest BCUT2D eigenvalue weighted by atomic mass is 10.0. The van der Waals surface area contributed by atoms with Gasteiger partial charge in [0.05, 0.1) is 53.7 Å². The van der Waals surface area contributed by atoms with Crippen LogP contribution in [0.25, 0.3) is 21.5 Å². The van der Waals surface area contributed by atoms with Crippen molar-refractivity contribution in [2.24, 2.45) is 20.5 Å². The smallest absolute Gasteiger partial charge is 0.416 e. The van der Waals surface area contributed by atoms with E-state index in [9.17, 15) is 46.1 Å². The van der Waals surface area contributed by atoms with Crippen LogP contribution >= 0.6 is 46.4 Å². The highest BCUT2D eigenvalue weighted by Crippen LogP contribution is 2.44. The number of carbonyl (C=O) groups excluding carboxylic acids is 2. The SMILES string of the molecule is O=C(Nc1cc(Cl)c(NC(=O)c2cc3ccccc3c(/N=N/c3cc(C(F)(F)F)ccc3Cl)c2O)cc1Cl)c1cc2ccccc2c(/N=N/c2cc(C(F)(F)F)ccc2Cl)c1O. The summed E-state index contributed by atoms with van der Waals surface area (Å²) >= 11 is 25.2. The molecule has 62 heavy (non-hydrogen) atoms. The Kier molecular flexibility index (Phi) is 12.1. The van der Waals surface area contributed by atoms with Gasteiger partial charge >= 0.3 is 12.4 Å². The fourth-order valence-corrected chi connectivity index (χ4v) is 6.77. The van der Waals surface area contributed by atoms with Crippen molar-refractivity contribution in [3.05, 3.63) is 152 Å². The summed E-state index contributed by atoms with van der Waals surface area (Å²) in [6.07, 6.45) is -9.40. The van der Waals surface area contributed by atoms with Gasteiger partial charge in [-0.2, -0.15) is 26.3 Å². The Hall–Kier alpha value is -6.46. The van der Waals surface area contributed by atoms with Crippen molar-refractivity contribution >= 4 is 114 Å². The normalized spacial score (nSPS) is 12.2. The maximum Gasteiger partial charge on any atom is 0.416 e. The van der Waals surface area contributed by atoms with Crippen molar-refractivity contribution in [3.63, 3.8) is 0 Å². The van der Waals surface area contributed by atoms with Gasteiger partial charge in [-0.05, 0) is 71.4 Å². The molecule has 0 saturated carbocycles. The van der Waals surface area contributed by atoms with Gasteiger partial charge < -0.3 is 20.8 Å². The lowest BCUT2D eigenvalue weighted by Crippen LogP contribution is -2.14. The summed E-state index contributed by atoms with van der Waals surface area (Å²) in [5.41, 5.74) is -4.15. The third-order valence-electron chi connectivity index (χ3n) is 9.10. The van der Waals surface area contributed by atoms with Crippen LogP contribution in [0.3, 0.4) is 0 Å². The molecular weight excluding hydrogens is 908 g/mol. The summed E-state index contributed by atoms with van der Waals surface area (Å²) in [6.45, 7) is 0. The molecular formula is C42H22Cl4F6N6O4. The molecule has 0 aliphatic carbocycles. The minimum Gasteiger partial charge on any atom is -0.505 e. The van der Waals surface area contributed by atoms with Crippen molar-refractivity contribution in [1.82, 2.24) is 0 Å². The van der Waals surface area contributed by atoms with E-state index in [0.717, 1.165) is 24.3 Å². The van der Waals surface area contributed by atoms with Crippen molar-refractivity contribution in [2.75, 3.05) is 10.6 Å². The molecule has 7 rings (SSSR count). The highest BCUT2D eigenvalue weighted by atomic mass is 35.5. The molecule has 10 nitrogen and oxygen atoms in total. The van der Waals surface area contributed by atoms with Gasteiger partial charge in [0, 0.05) is 10.8 Å². The van der Waals surface area contributed by atoms with E-state index in [1.165, 1.54) is 24.3 Å². The van der Waals surface area contributed by atoms with E-state index in [-0.39, 0.29) is 65.3 Å². The lowest BCUT2D eigenvalue weighted by molar-refractivity contribution is -0.138. The number of alkyl halides is 6. The van der Waals surface area contributed by atoms with Crippen LogP contribution in [0.5, 0.6) is 11.5 Å². The Bertz CT molecular complexity index is 2830. The fourth-order valence-electron chi connectivity index (χ4n) is 6.04. The minimum atomic E-state index is -4.70. The molecule has 0 aliphatic heterocycles. The molecule has 7 aromatic carbocycles. The first-order valence-electron chi connectivity index (χ1n) is 17.5. The van der Waals surface area contributed by atoms with Gasteiger partial charge in [-0.1, -0.05) is 94.9 Å². The van der Waals surface area contributed by atoms with Gasteiger partial charge in [0.1, 0.15) is 22.7 Å². The summed E-state index contributed by atoms with van der Waals surface area (Å²) in [7, 11) is 0. The zero-order valence-electron chi connectivity index (χ0n) is 30.7. The number of azo groups is 2. The summed E-state index contributed by atoms with van der Waals surface area (Å²) in [5, 5.41) is 44.0. The topological polar surface area (TPSA) is 148 Å². The van der Waals surface area contributed by atoms with E-state index >= 15 is 0 Å². The molecule has 0 fully saturated rings. The van der Waals surface area contributed by atoms with Gasteiger partial charge in [-0.25, -0.2) is 0 Å². The average Bonchev–Trinajstić information content (AvgIpc) is 3.21. The molecule has 0 atom stereocenters. The molecule has 0 unspecified atom stereocenters. The second-order valence-corrected chi connectivity index (χ2v) is 14.8. The predicted octanol–water partition coefficient (Wildman–Crippen LogP) is 15.4. The third-order valence-corrected chi connectivity index (χ3v) is 10.4. The summed E-state index contributed by atoms with van der Waals surface area (Å²) < 4.78 is 80.2. The number of rotatable bonds is 8. The number of halogens is 10. The number of amides is 2. The van der Waals surface area contributed by atoms with E-state index in [4.69, 9.17) is 46.4 Å². The number of nitrogens with one attached hydrogen (secondary N) is 2. The van der Waals surface area contributed by atoms with E-state index in [1.807, 2.05) is 0 Å². The maximum atomic E-state index is 13.7. The molecule has 0 radical (unpaired) electrons. The third kappa shape index (κ3) is 9.09. The molecule has 0 bridgehead atoms. The lowest BCUT2D eigenvalue weighted by Gasteiger charge is -2.15. The number of phenolic OH excluding ortho intramolecular Hbond substituents is 2. The summed E-state index contributed by atoms with van der Waals surface area (Å²) in [4.78, 5) is 27.3. The first-order valence-corrected chi connectivity index (χ1v) is 19.0. The van der Waals surface area contributed by atoms with Crippen LogP contribution in [0.1, 0.15) is 31.8 Å². The second-order valence-electron chi connectivity index (χ2n) is 13.1.